The number of urea groups is 1. The van der Waals surface area contributed by atoms with Crippen molar-refractivity contribution in [1.29, 1.82) is 0 Å². The van der Waals surface area contributed by atoms with Gasteiger partial charge >= 0.3 is 6.03 Å². The number of benzene rings is 1. The Balaban J connectivity index is 2.64. The summed E-state index contributed by atoms with van der Waals surface area (Å²) in [4.78, 5) is 23.1. The molecule has 0 spiro atoms. The average Bonchev–Trinajstić information content (AvgIpc) is 2.39. The first-order valence-corrected chi connectivity index (χ1v) is 6.71. The standard InChI is InChI=1S/C15H22N2O3/c1-4-15(3,9-10-18)17-14(20)16-13-7-5-12(6-8-13)11(2)19/h5-8,18H,4,9-10H2,1-3H3,(H2,16,17,20). The van der Waals surface area contributed by atoms with Gasteiger partial charge in [0.05, 0.1) is 0 Å². The molecule has 5 heteroatoms. The maximum atomic E-state index is 11.9. The third-order valence-corrected chi connectivity index (χ3v) is 3.41. The van der Waals surface area contributed by atoms with Crippen LogP contribution in [0.25, 0.3) is 0 Å². The van der Waals surface area contributed by atoms with E-state index in [1.54, 1.807) is 24.3 Å². The van der Waals surface area contributed by atoms with E-state index in [0.29, 0.717) is 17.7 Å². The molecule has 2 amide bonds. The van der Waals surface area contributed by atoms with Crippen LogP contribution in [0.5, 0.6) is 0 Å². The summed E-state index contributed by atoms with van der Waals surface area (Å²) >= 11 is 0. The van der Waals surface area contributed by atoms with Gasteiger partial charge in [-0.25, -0.2) is 4.79 Å². The van der Waals surface area contributed by atoms with E-state index < -0.39 is 5.54 Å². The highest BCUT2D eigenvalue weighted by molar-refractivity contribution is 5.95. The maximum Gasteiger partial charge on any atom is 0.319 e. The topological polar surface area (TPSA) is 78.4 Å². The summed E-state index contributed by atoms with van der Waals surface area (Å²) in [6, 6.07) is 6.39. The minimum absolute atomic E-state index is 0.0116. The number of nitrogens with one attached hydrogen (secondary N) is 2. The number of aliphatic hydroxyl groups is 1. The number of aliphatic hydroxyl groups excluding tert-OH is 1. The molecule has 1 aromatic carbocycles. The smallest absolute Gasteiger partial charge is 0.319 e. The zero-order chi connectivity index (χ0) is 15.2. The van der Waals surface area contributed by atoms with Crippen molar-refractivity contribution < 1.29 is 14.7 Å². The Bertz CT molecular complexity index is 471. The quantitative estimate of drug-likeness (QED) is 0.700. The van der Waals surface area contributed by atoms with Crippen LogP contribution < -0.4 is 10.6 Å². The van der Waals surface area contributed by atoms with Crippen molar-refractivity contribution in [1.82, 2.24) is 5.32 Å². The van der Waals surface area contributed by atoms with Crippen LogP contribution >= 0.6 is 0 Å². The lowest BCUT2D eigenvalue weighted by Gasteiger charge is -2.29. The van der Waals surface area contributed by atoms with Crippen molar-refractivity contribution in [2.45, 2.75) is 39.2 Å². The molecular weight excluding hydrogens is 256 g/mol. The minimum Gasteiger partial charge on any atom is -0.396 e. The highest BCUT2D eigenvalue weighted by atomic mass is 16.3. The highest BCUT2D eigenvalue weighted by Crippen LogP contribution is 2.15. The van der Waals surface area contributed by atoms with Gasteiger partial charge in [0.15, 0.2) is 5.78 Å². The van der Waals surface area contributed by atoms with Gasteiger partial charge in [0.2, 0.25) is 0 Å². The van der Waals surface area contributed by atoms with Crippen molar-refractivity contribution in [3.8, 4) is 0 Å². The lowest BCUT2D eigenvalue weighted by atomic mass is 9.95. The highest BCUT2D eigenvalue weighted by Gasteiger charge is 2.23. The number of ketones is 1. The Hall–Kier alpha value is -1.88. The molecule has 1 rings (SSSR count). The molecule has 0 radical (unpaired) electrons. The molecule has 20 heavy (non-hydrogen) atoms. The molecule has 0 saturated heterocycles. The Kier molecular flexibility index (Phi) is 5.70. The molecule has 0 aliphatic rings. The van der Waals surface area contributed by atoms with Gasteiger partial charge in [-0.3, -0.25) is 4.79 Å². The number of carbonyl (C=O) groups is 2. The molecule has 1 unspecified atom stereocenters. The number of hydrogen-bond acceptors (Lipinski definition) is 3. The molecule has 5 nitrogen and oxygen atoms in total. The van der Waals surface area contributed by atoms with E-state index in [0.717, 1.165) is 6.42 Å². The zero-order valence-corrected chi connectivity index (χ0v) is 12.2. The van der Waals surface area contributed by atoms with E-state index in [1.807, 2.05) is 13.8 Å². The molecule has 110 valence electrons. The fourth-order valence-electron chi connectivity index (χ4n) is 1.80. The summed E-state index contributed by atoms with van der Waals surface area (Å²) < 4.78 is 0. The first-order chi connectivity index (χ1) is 9.40. The van der Waals surface area contributed by atoms with E-state index in [9.17, 15) is 9.59 Å². The summed E-state index contributed by atoms with van der Waals surface area (Å²) in [5.74, 6) is -0.0116. The molecule has 3 N–H and O–H groups in total. The SMILES string of the molecule is CCC(C)(CCO)NC(=O)Nc1ccc(C(C)=O)cc1. The number of carbonyl (C=O) groups excluding carboxylic acids is 2. The average molecular weight is 278 g/mol. The molecular formula is C15H22N2O3. The van der Waals surface area contributed by atoms with Gasteiger partial charge in [0.25, 0.3) is 0 Å². The fraction of sp³-hybridized carbons (Fsp3) is 0.467. The first kappa shape index (κ1) is 16.2. The normalized spacial score (nSPS) is 13.4. The van der Waals surface area contributed by atoms with E-state index in [4.69, 9.17) is 5.11 Å². The third-order valence-electron chi connectivity index (χ3n) is 3.41. The van der Waals surface area contributed by atoms with Crippen molar-refractivity contribution in [3.63, 3.8) is 0 Å². The monoisotopic (exact) mass is 278 g/mol. The van der Waals surface area contributed by atoms with Gasteiger partial charge in [-0.15, -0.1) is 0 Å². The van der Waals surface area contributed by atoms with Crippen molar-refractivity contribution >= 4 is 17.5 Å². The second kappa shape index (κ2) is 7.05. The first-order valence-electron chi connectivity index (χ1n) is 6.71. The second-order valence-electron chi connectivity index (χ2n) is 5.10. The van der Waals surface area contributed by atoms with Gasteiger partial charge in [-0.2, -0.15) is 0 Å². The number of hydrogen-bond donors (Lipinski definition) is 3. The summed E-state index contributed by atoms with van der Waals surface area (Å²) in [6.45, 7) is 5.37. The van der Waals surface area contributed by atoms with Crippen LogP contribution in [0.4, 0.5) is 10.5 Å². The van der Waals surface area contributed by atoms with Crippen LogP contribution in [0.1, 0.15) is 44.0 Å². The minimum atomic E-state index is -0.432. The fourth-order valence-corrected chi connectivity index (χ4v) is 1.80. The van der Waals surface area contributed by atoms with Crippen LogP contribution in [-0.4, -0.2) is 29.1 Å². The Morgan fingerprint density at radius 3 is 2.30 bits per heavy atom. The van der Waals surface area contributed by atoms with Gasteiger partial charge in [-0.05, 0) is 51.0 Å². The van der Waals surface area contributed by atoms with E-state index in [-0.39, 0.29) is 18.4 Å². The van der Waals surface area contributed by atoms with Crippen LogP contribution in [0.2, 0.25) is 0 Å². The van der Waals surface area contributed by atoms with E-state index >= 15 is 0 Å². The number of amides is 2. The number of rotatable bonds is 6. The lowest BCUT2D eigenvalue weighted by Crippen LogP contribution is -2.48. The lowest BCUT2D eigenvalue weighted by molar-refractivity contribution is 0.101. The predicted octanol–water partition coefficient (Wildman–Crippen LogP) is 2.56. The molecule has 1 aromatic rings. The van der Waals surface area contributed by atoms with Crippen molar-refractivity contribution in [2.75, 3.05) is 11.9 Å². The van der Waals surface area contributed by atoms with E-state index in [1.165, 1.54) is 6.92 Å². The summed E-state index contributed by atoms with van der Waals surface area (Å²) in [5.41, 5.74) is 0.794. The van der Waals surface area contributed by atoms with Crippen molar-refractivity contribution in [3.05, 3.63) is 29.8 Å². The Labute approximate surface area is 119 Å². The Morgan fingerprint density at radius 2 is 1.85 bits per heavy atom. The Morgan fingerprint density at radius 1 is 1.25 bits per heavy atom. The second-order valence-corrected chi connectivity index (χ2v) is 5.10. The zero-order valence-electron chi connectivity index (χ0n) is 12.2. The molecule has 0 aliphatic carbocycles. The van der Waals surface area contributed by atoms with Crippen molar-refractivity contribution in [2.24, 2.45) is 0 Å². The molecule has 0 aromatic heterocycles. The van der Waals surface area contributed by atoms with Crippen LogP contribution in [-0.2, 0) is 0 Å². The van der Waals surface area contributed by atoms with Gasteiger partial charge in [0, 0.05) is 23.4 Å². The molecule has 0 aliphatic heterocycles. The predicted molar refractivity (Wildman–Crippen MR) is 79.0 cm³/mol. The van der Waals surface area contributed by atoms with Gasteiger partial charge in [0.1, 0.15) is 0 Å². The molecule has 0 heterocycles. The number of Topliss-reactive ketones (excluding diaryl/α,β-unsaturated/α-hetero) is 1. The number of anilines is 1. The largest absolute Gasteiger partial charge is 0.396 e. The molecule has 1 atom stereocenters. The summed E-state index contributed by atoms with van der Waals surface area (Å²) in [7, 11) is 0. The van der Waals surface area contributed by atoms with Crippen LogP contribution in [0.15, 0.2) is 24.3 Å². The molecule has 0 saturated carbocycles. The van der Waals surface area contributed by atoms with E-state index in [2.05, 4.69) is 10.6 Å². The summed E-state index contributed by atoms with van der Waals surface area (Å²) in [5, 5.41) is 14.6. The third kappa shape index (κ3) is 4.66. The van der Waals surface area contributed by atoms with Crippen LogP contribution in [0.3, 0.4) is 0 Å². The molecule has 0 bridgehead atoms. The van der Waals surface area contributed by atoms with Crippen LogP contribution in [0, 0.1) is 0 Å². The maximum absolute atomic E-state index is 11.9. The van der Waals surface area contributed by atoms with Gasteiger partial charge in [-0.1, -0.05) is 6.92 Å². The molecule has 0 fully saturated rings. The van der Waals surface area contributed by atoms with Gasteiger partial charge < -0.3 is 15.7 Å². The summed E-state index contributed by atoms with van der Waals surface area (Å²) in [6.07, 6.45) is 1.23.